The lowest BCUT2D eigenvalue weighted by atomic mass is 9.98. The van der Waals surface area contributed by atoms with Crippen molar-refractivity contribution < 1.29 is 4.79 Å². The van der Waals surface area contributed by atoms with E-state index >= 15 is 0 Å². The fraction of sp³-hybridized carbons (Fsp3) is 0.562. The topological polar surface area (TPSA) is 52.8 Å². The molecule has 0 bridgehead atoms. The second-order valence-electron chi connectivity index (χ2n) is 6.63. The summed E-state index contributed by atoms with van der Waals surface area (Å²) in [5.74, 6) is -0.0213. The molecular formula is C16H26N4O. The second-order valence-corrected chi connectivity index (χ2v) is 6.63. The van der Waals surface area contributed by atoms with Gasteiger partial charge in [0.1, 0.15) is 0 Å². The van der Waals surface area contributed by atoms with E-state index in [1.165, 1.54) is 0 Å². The van der Waals surface area contributed by atoms with Gasteiger partial charge >= 0.3 is 0 Å². The SMILES string of the molecule is CN(C)C(=O)c1ccc(N2CCN(C)C(C)(C)C2)c(N)c1. The van der Waals surface area contributed by atoms with Gasteiger partial charge in [-0.2, -0.15) is 0 Å². The number of hydrogen-bond acceptors (Lipinski definition) is 4. The molecule has 2 N–H and O–H groups in total. The van der Waals surface area contributed by atoms with Gasteiger partial charge in [-0.15, -0.1) is 0 Å². The highest BCUT2D eigenvalue weighted by Gasteiger charge is 2.31. The van der Waals surface area contributed by atoms with Crippen LogP contribution in [0.15, 0.2) is 18.2 Å². The highest BCUT2D eigenvalue weighted by molar-refractivity contribution is 5.95. The van der Waals surface area contributed by atoms with Crippen LogP contribution in [0.4, 0.5) is 11.4 Å². The van der Waals surface area contributed by atoms with Crippen LogP contribution in [0.25, 0.3) is 0 Å². The number of carbonyl (C=O) groups excluding carboxylic acids is 1. The maximum Gasteiger partial charge on any atom is 0.253 e. The van der Waals surface area contributed by atoms with Crippen molar-refractivity contribution in [3.05, 3.63) is 23.8 Å². The summed E-state index contributed by atoms with van der Waals surface area (Å²) in [4.78, 5) is 18.2. The summed E-state index contributed by atoms with van der Waals surface area (Å²) in [6.45, 7) is 7.35. The Hall–Kier alpha value is -1.75. The van der Waals surface area contributed by atoms with Crippen molar-refractivity contribution >= 4 is 17.3 Å². The molecule has 5 heteroatoms. The number of rotatable bonds is 2. The van der Waals surface area contributed by atoms with Gasteiger partial charge in [-0.3, -0.25) is 9.69 Å². The van der Waals surface area contributed by atoms with Crippen LogP contribution in [0.1, 0.15) is 24.2 Å². The van der Waals surface area contributed by atoms with Crippen LogP contribution >= 0.6 is 0 Å². The normalized spacial score (nSPS) is 18.6. The summed E-state index contributed by atoms with van der Waals surface area (Å²) >= 11 is 0. The van der Waals surface area contributed by atoms with Crippen molar-refractivity contribution in [2.75, 3.05) is 51.4 Å². The number of piperazine rings is 1. The fourth-order valence-corrected chi connectivity index (χ4v) is 2.68. The lowest BCUT2D eigenvalue weighted by Gasteiger charge is -2.46. The molecule has 1 aliphatic rings. The van der Waals surface area contributed by atoms with Crippen molar-refractivity contribution in [2.45, 2.75) is 19.4 Å². The molecule has 1 amide bonds. The maximum atomic E-state index is 12.0. The predicted octanol–water partition coefficient (Wildman–Crippen LogP) is 1.50. The van der Waals surface area contributed by atoms with E-state index in [1.54, 1.807) is 25.1 Å². The highest BCUT2D eigenvalue weighted by Crippen LogP contribution is 2.29. The molecule has 0 aromatic heterocycles. The Labute approximate surface area is 127 Å². The minimum atomic E-state index is -0.0213. The van der Waals surface area contributed by atoms with Crippen molar-refractivity contribution in [1.29, 1.82) is 0 Å². The van der Waals surface area contributed by atoms with Crippen molar-refractivity contribution in [3.63, 3.8) is 0 Å². The first-order chi connectivity index (χ1) is 9.72. The van der Waals surface area contributed by atoms with Crippen LogP contribution in [0.2, 0.25) is 0 Å². The first-order valence-electron chi connectivity index (χ1n) is 7.30. The van der Waals surface area contributed by atoms with Gasteiger partial charge in [0.25, 0.3) is 5.91 Å². The monoisotopic (exact) mass is 290 g/mol. The van der Waals surface area contributed by atoms with Crippen LogP contribution in [-0.4, -0.2) is 62.0 Å². The summed E-state index contributed by atoms with van der Waals surface area (Å²) in [5, 5.41) is 0. The average molecular weight is 290 g/mol. The number of nitrogens with two attached hydrogens (primary N) is 1. The minimum absolute atomic E-state index is 0.0213. The van der Waals surface area contributed by atoms with E-state index in [0.717, 1.165) is 25.3 Å². The molecule has 2 rings (SSSR count). The zero-order chi connectivity index (χ0) is 15.8. The summed E-state index contributed by atoms with van der Waals surface area (Å²) in [6, 6.07) is 5.61. The number of hydrogen-bond donors (Lipinski definition) is 1. The zero-order valence-corrected chi connectivity index (χ0v) is 13.7. The highest BCUT2D eigenvalue weighted by atomic mass is 16.2. The third-order valence-corrected chi connectivity index (χ3v) is 4.34. The van der Waals surface area contributed by atoms with E-state index in [1.807, 2.05) is 12.1 Å². The lowest BCUT2D eigenvalue weighted by molar-refractivity contribution is 0.0827. The lowest BCUT2D eigenvalue weighted by Crippen LogP contribution is -2.57. The Kier molecular flexibility index (Phi) is 4.14. The third-order valence-electron chi connectivity index (χ3n) is 4.34. The van der Waals surface area contributed by atoms with E-state index < -0.39 is 0 Å². The number of nitrogens with zero attached hydrogens (tertiary/aromatic N) is 3. The minimum Gasteiger partial charge on any atom is -0.397 e. The molecule has 1 saturated heterocycles. The van der Waals surface area contributed by atoms with E-state index in [4.69, 9.17) is 5.73 Å². The quantitative estimate of drug-likeness (QED) is 0.839. The van der Waals surface area contributed by atoms with Gasteiger partial charge in [-0.1, -0.05) is 0 Å². The summed E-state index contributed by atoms with van der Waals surface area (Å²) < 4.78 is 0. The number of carbonyl (C=O) groups is 1. The standard InChI is InChI=1S/C16H26N4O/c1-16(2)11-20(9-8-19(16)5)14-7-6-12(10-13(14)17)15(21)18(3)4/h6-7,10H,8-9,11,17H2,1-5H3. The molecular weight excluding hydrogens is 264 g/mol. The second kappa shape index (κ2) is 5.56. The molecule has 0 aliphatic carbocycles. The predicted molar refractivity (Wildman–Crippen MR) is 87.8 cm³/mol. The van der Waals surface area contributed by atoms with Crippen molar-refractivity contribution in [1.82, 2.24) is 9.80 Å². The maximum absolute atomic E-state index is 12.0. The van der Waals surface area contributed by atoms with Gasteiger partial charge in [0, 0.05) is 44.8 Å². The molecule has 0 atom stereocenters. The van der Waals surface area contributed by atoms with Gasteiger partial charge < -0.3 is 15.5 Å². The molecule has 5 nitrogen and oxygen atoms in total. The molecule has 1 fully saturated rings. The van der Waals surface area contributed by atoms with Crippen LogP contribution in [0.5, 0.6) is 0 Å². The van der Waals surface area contributed by atoms with Gasteiger partial charge in [0.15, 0.2) is 0 Å². The molecule has 0 spiro atoms. The molecule has 1 aromatic carbocycles. The number of amides is 1. The number of benzene rings is 1. The molecule has 0 saturated carbocycles. The van der Waals surface area contributed by atoms with Crippen LogP contribution in [0, 0.1) is 0 Å². The van der Waals surface area contributed by atoms with Gasteiger partial charge in [-0.25, -0.2) is 0 Å². The molecule has 0 radical (unpaired) electrons. The Bertz CT molecular complexity index is 539. The summed E-state index contributed by atoms with van der Waals surface area (Å²) in [7, 11) is 5.64. The smallest absolute Gasteiger partial charge is 0.253 e. The Morgan fingerprint density at radius 3 is 2.48 bits per heavy atom. The van der Waals surface area contributed by atoms with Crippen LogP contribution in [0.3, 0.4) is 0 Å². The zero-order valence-electron chi connectivity index (χ0n) is 13.7. The molecule has 1 aliphatic heterocycles. The van der Waals surface area contributed by atoms with Gasteiger partial charge in [-0.05, 0) is 39.1 Å². The van der Waals surface area contributed by atoms with Crippen molar-refractivity contribution in [3.8, 4) is 0 Å². The van der Waals surface area contributed by atoms with E-state index in [0.29, 0.717) is 11.3 Å². The molecule has 1 heterocycles. The van der Waals surface area contributed by atoms with E-state index in [-0.39, 0.29) is 11.4 Å². The Balaban J connectivity index is 2.24. The van der Waals surface area contributed by atoms with Crippen LogP contribution in [-0.2, 0) is 0 Å². The number of anilines is 2. The Morgan fingerprint density at radius 1 is 1.29 bits per heavy atom. The number of likely N-dealkylation sites (N-methyl/N-ethyl adjacent to an activating group) is 1. The molecule has 21 heavy (non-hydrogen) atoms. The summed E-state index contributed by atoms with van der Waals surface area (Å²) in [6.07, 6.45) is 0. The first kappa shape index (κ1) is 15.6. The largest absolute Gasteiger partial charge is 0.397 e. The van der Waals surface area contributed by atoms with Gasteiger partial charge in [0.05, 0.1) is 11.4 Å². The molecule has 0 unspecified atom stereocenters. The summed E-state index contributed by atoms with van der Waals surface area (Å²) in [5.41, 5.74) is 8.62. The molecule has 116 valence electrons. The Morgan fingerprint density at radius 2 is 1.95 bits per heavy atom. The van der Waals surface area contributed by atoms with E-state index in [2.05, 4.69) is 30.7 Å². The van der Waals surface area contributed by atoms with Crippen molar-refractivity contribution in [2.24, 2.45) is 0 Å². The fourth-order valence-electron chi connectivity index (χ4n) is 2.68. The number of nitrogen functional groups attached to an aromatic ring is 1. The van der Waals surface area contributed by atoms with Crippen LogP contribution < -0.4 is 10.6 Å². The third kappa shape index (κ3) is 3.13. The molecule has 1 aromatic rings. The first-order valence-corrected chi connectivity index (χ1v) is 7.30. The van der Waals surface area contributed by atoms with Gasteiger partial charge in [0.2, 0.25) is 0 Å². The van der Waals surface area contributed by atoms with E-state index in [9.17, 15) is 4.79 Å². The average Bonchev–Trinajstić information content (AvgIpc) is 2.40.